The standard InChI is InChI=1S/C19H19N5O2/c1-12(17-22-15-4-2-3-5-16(15)23-17)21-18(25)13-6-8-14(9-7-13)24-11-10-20-19(24)26/h2-9,12H,10-11H2,1H3,(H,20,26)(H,21,25)(H,22,23). The second-order valence-corrected chi connectivity index (χ2v) is 6.26. The zero-order valence-electron chi connectivity index (χ0n) is 14.3. The van der Waals surface area contributed by atoms with E-state index in [-0.39, 0.29) is 18.0 Å². The predicted octanol–water partition coefficient (Wildman–Crippen LogP) is 2.58. The van der Waals surface area contributed by atoms with Gasteiger partial charge in [0.2, 0.25) is 0 Å². The number of fused-ring (bicyclic) bond motifs is 1. The molecule has 2 heterocycles. The predicted molar refractivity (Wildman–Crippen MR) is 99.2 cm³/mol. The van der Waals surface area contributed by atoms with Crippen molar-refractivity contribution in [1.82, 2.24) is 20.6 Å². The van der Waals surface area contributed by atoms with Crippen molar-refractivity contribution >= 4 is 28.7 Å². The Morgan fingerprint density at radius 1 is 1.19 bits per heavy atom. The van der Waals surface area contributed by atoms with Gasteiger partial charge in [-0.05, 0) is 43.3 Å². The number of benzene rings is 2. The number of anilines is 1. The van der Waals surface area contributed by atoms with Crippen LogP contribution in [0.3, 0.4) is 0 Å². The highest BCUT2D eigenvalue weighted by Gasteiger charge is 2.21. The van der Waals surface area contributed by atoms with Gasteiger partial charge in [0, 0.05) is 24.3 Å². The van der Waals surface area contributed by atoms with Gasteiger partial charge in [-0.25, -0.2) is 9.78 Å². The minimum Gasteiger partial charge on any atom is -0.342 e. The van der Waals surface area contributed by atoms with Crippen molar-refractivity contribution in [3.8, 4) is 0 Å². The van der Waals surface area contributed by atoms with E-state index in [1.165, 1.54) is 0 Å². The smallest absolute Gasteiger partial charge is 0.321 e. The third-order valence-electron chi connectivity index (χ3n) is 4.46. The third kappa shape index (κ3) is 2.99. The van der Waals surface area contributed by atoms with Gasteiger partial charge in [0.25, 0.3) is 5.91 Å². The molecule has 7 nitrogen and oxygen atoms in total. The Labute approximate surface area is 150 Å². The highest BCUT2D eigenvalue weighted by molar-refractivity contribution is 5.97. The number of nitrogens with zero attached hydrogens (tertiary/aromatic N) is 2. The van der Waals surface area contributed by atoms with E-state index in [4.69, 9.17) is 0 Å². The van der Waals surface area contributed by atoms with Crippen LogP contribution in [0.15, 0.2) is 48.5 Å². The number of nitrogens with one attached hydrogen (secondary N) is 3. The third-order valence-corrected chi connectivity index (χ3v) is 4.46. The molecular formula is C19H19N5O2. The monoisotopic (exact) mass is 349 g/mol. The van der Waals surface area contributed by atoms with E-state index in [0.717, 1.165) is 16.7 Å². The molecule has 1 aromatic heterocycles. The summed E-state index contributed by atoms with van der Waals surface area (Å²) >= 11 is 0. The van der Waals surface area contributed by atoms with Crippen molar-refractivity contribution in [3.63, 3.8) is 0 Å². The summed E-state index contributed by atoms with van der Waals surface area (Å²) in [5, 5.41) is 5.70. The lowest BCUT2D eigenvalue weighted by Gasteiger charge is -2.15. The largest absolute Gasteiger partial charge is 0.342 e. The van der Waals surface area contributed by atoms with Crippen LogP contribution in [0.4, 0.5) is 10.5 Å². The molecule has 3 aromatic rings. The summed E-state index contributed by atoms with van der Waals surface area (Å²) in [6.07, 6.45) is 0. The fourth-order valence-electron chi connectivity index (χ4n) is 3.04. The van der Waals surface area contributed by atoms with Crippen molar-refractivity contribution in [1.29, 1.82) is 0 Å². The molecule has 3 N–H and O–H groups in total. The molecule has 0 bridgehead atoms. The molecule has 1 unspecified atom stereocenters. The van der Waals surface area contributed by atoms with E-state index in [0.29, 0.717) is 24.5 Å². The summed E-state index contributed by atoms with van der Waals surface area (Å²) < 4.78 is 0. The van der Waals surface area contributed by atoms with E-state index in [1.54, 1.807) is 29.2 Å². The zero-order valence-corrected chi connectivity index (χ0v) is 14.3. The number of carbonyl (C=O) groups is 2. The number of rotatable bonds is 4. The van der Waals surface area contributed by atoms with Gasteiger partial charge < -0.3 is 15.6 Å². The number of aromatic amines is 1. The fraction of sp³-hybridized carbons (Fsp3) is 0.211. The Morgan fingerprint density at radius 3 is 2.65 bits per heavy atom. The number of imidazole rings is 1. The molecule has 3 amide bonds. The molecular weight excluding hydrogens is 330 g/mol. The highest BCUT2D eigenvalue weighted by atomic mass is 16.2. The molecule has 0 aliphatic carbocycles. The first kappa shape index (κ1) is 16.1. The molecule has 1 saturated heterocycles. The topological polar surface area (TPSA) is 90.1 Å². The normalized spacial score (nSPS) is 15.1. The number of para-hydroxylation sites is 2. The quantitative estimate of drug-likeness (QED) is 0.676. The average molecular weight is 349 g/mol. The molecule has 1 aliphatic rings. The molecule has 0 saturated carbocycles. The van der Waals surface area contributed by atoms with Crippen LogP contribution in [0.2, 0.25) is 0 Å². The first-order chi connectivity index (χ1) is 12.6. The van der Waals surface area contributed by atoms with Crippen LogP contribution < -0.4 is 15.5 Å². The molecule has 1 aliphatic heterocycles. The number of hydrogen-bond acceptors (Lipinski definition) is 3. The number of H-pyrrole nitrogens is 1. The molecule has 0 radical (unpaired) electrons. The van der Waals surface area contributed by atoms with Crippen LogP contribution in [0.25, 0.3) is 11.0 Å². The Kier molecular flexibility index (Phi) is 4.04. The number of urea groups is 1. The Balaban J connectivity index is 1.46. The molecule has 26 heavy (non-hydrogen) atoms. The summed E-state index contributed by atoms with van der Waals surface area (Å²) in [4.78, 5) is 33.6. The summed E-state index contributed by atoms with van der Waals surface area (Å²) in [7, 11) is 0. The molecule has 0 spiro atoms. The van der Waals surface area contributed by atoms with Crippen molar-refractivity contribution in [3.05, 3.63) is 59.9 Å². The van der Waals surface area contributed by atoms with E-state index >= 15 is 0 Å². The summed E-state index contributed by atoms with van der Waals surface area (Å²) in [6, 6.07) is 14.4. The number of aromatic nitrogens is 2. The second-order valence-electron chi connectivity index (χ2n) is 6.26. The Bertz CT molecular complexity index is 930. The fourth-order valence-corrected chi connectivity index (χ4v) is 3.04. The van der Waals surface area contributed by atoms with Crippen LogP contribution in [0, 0.1) is 0 Å². The van der Waals surface area contributed by atoms with E-state index in [1.807, 2.05) is 31.2 Å². The first-order valence-electron chi connectivity index (χ1n) is 8.53. The van der Waals surface area contributed by atoms with Gasteiger partial charge in [0.05, 0.1) is 17.1 Å². The summed E-state index contributed by atoms with van der Waals surface area (Å²) in [6.45, 7) is 3.15. The van der Waals surface area contributed by atoms with Gasteiger partial charge in [-0.15, -0.1) is 0 Å². The Hall–Kier alpha value is -3.35. The molecule has 7 heteroatoms. The lowest BCUT2D eigenvalue weighted by molar-refractivity contribution is 0.0938. The van der Waals surface area contributed by atoms with Crippen molar-refractivity contribution < 1.29 is 9.59 Å². The van der Waals surface area contributed by atoms with Crippen LogP contribution in [-0.4, -0.2) is 35.0 Å². The van der Waals surface area contributed by atoms with Gasteiger partial charge in [-0.2, -0.15) is 0 Å². The molecule has 1 fully saturated rings. The van der Waals surface area contributed by atoms with Crippen LogP contribution in [-0.2, 0) is 0 Å². The van der Waals surface area contributed by atoms with Crippen molar-refractivity contribution in [2.75, 3.05) is 18.0 Å². The number of amides is 3. The molecule has 1 atom stereocenters. The average Bonchev–Trinajstić information content (AvgIpc) is 3.27. The van der Waals surface area contributed by atoms with Gasteiger partial charge in [0.1, 0.15) is 5.82 Å². The van der Waals surface area contributed by atoms with Crippen LogP contribution in [0.1, 0.15) is 29.1 Å². The molecule has 4 rings (SSSR count). The van der Waals surface area contributed by atoms with E-state index < -0.39 is 0 Å². The second kappa shape index (κ2) is 6.51. The lowest BCUT2D eigenvalue weighted by Crippen LogP contribution is -2.28. The summed E-state index contributed by atoms with van der Waals surface area (Å²) in [5.74, 6) is 0.528. The van der Waals surface area contributed by atoms with Gasteiger partial charge in [-0.3, -0.25) is 9.69 Å². The minimum atomic E-state index is -0.251. The number of hydrogen-bond donors (Lipinski definition) is 3. The van der Waals surface area contributed by atoms with Gasteiger partial charge in [-0.1, -0.05) is 12.1 Å². The minimum absolute atomic E-state index is 0.110. The van der Waals surface area contributed by atoms with E-state index in [9.17, 15) is 9.59 Å². The van der Waals surface area contributed by atoms with Crippen molar-refractivity contribution in [2.24, 2.45) is 0 Å². The number of carbonyl (C=O) groups excluding carboxylic acids is 2. The van der Waals surface area contributed by atoms with E-state index in [2.05, 4.69) is 20.6 Å². The van der Waals surface area contributed by atoms with Crippen LogP contribution >= 0.6 is 0 Å². The van der Waals surface area contributed by atoms with Gasteiger partial charge >= 0.3 is 6.03 Å². The maximum Gasteiger partial charge on any atom is 0.321 e. The van der Waals surface area contributed by atoms with Crippen LogP contribution in [0.5, 0.6) is 0 Å². The first-order valence-corrected chi connectivity index (χ1v) is 8.53. The van der Waals surface area contributed by atoms with Crippen molar-refractivity contribution in [2.45, 2.75) is 13.0 Å². The molecule has 2 aromatic carbocycles. The lowest BCUT2D eigenvalue weighted by atomic mass is 10.1. The highest BCUT2D eigenvalue weighted by Crippen LogP contribution is 2.19. The zero-order chi connectivity index (χ0) is 18.1. The SMILES string of the molecule is CC(NC(=O)c1ccc(N2CCNC2=O)cc1)c1nc2ccccc2[nH]1. The van der Waals surface area contributed by atoms with Gasteiger partial charge in [0.15, 0.2) is 0 Å². The summed E-state index contributed by atoms with van der Waals surface area (Å²) in [5.41, 5.74) is 3.13. The molecule has 132 valence electrons. The Morgan fingerprint density at radius 2 is 1.96 bits per heavy atom. The maximum atomic E-state index is 12.5. The maximum absolute atomic E-state index is 12.5.